The Morgan fingerprint density at radius 3 is 2.42 bits per heavy atom. The van der Waals surface area contributed by atoms with Gasteiger partial charge in [0.2, 0.25) is 41.4 Å². The lowest BCUT2D eigenvalue weighted by molar-refractivity contribution is -0.137. The van der Waals surface area contributed by atoms with E-state index >= 15 is 0 Å². The van der Waals surface area contributed by atoms with Crippen molar-refractivity contribution in [2.45, 2.75) is 120 Å². The predicted molar refractivity (Wildman–Crippen MR) is 269 cm³/mol. The first-order valence-electron chi connectivity index (χ1n) is 24.9. The number of imide groups is 1. The fraction of sp³-hybridized carbons (Fsp3) is 0.404. The minimum absolute atomic E-state index is 0.0432. The van der Waals surface area contributed by atoms with Crippen LogP contribution in [0.5, 0.6) is 0 Å². The number of carbonyl (C=O) groups is 9. The van der Waals surface area contributed by atoms with Gasteiger partial charge in [-0.1, -0.05) is 61.4 Å². The van der Waals surface area contributed by atoms with E-state index in [-0.39, 0.29) is 73.5 Å². The van der Waals surface area contributed by atoms with Gasteiger partial charge in [-0.05, 0) is 85.5 Å². The van der Waals surface area contributed by atoms with Crippen LogP contribution in [0.25, 0.3) is 10.9 Å². The molecule has 4 aromatic rings. The molecule has 0 bridgehead atoms. The quantitative estimate of drug-likeness (QED) is 0.0267. The van der Waals surface area contributed by atoms with E-state index < -0.39 is 90.9 Å². The van der Waals surface area contributed by atoms with E-state index in [2.05, 4.69) is 43.4 Å². The van der Waals surface area contributed by atoms with Crippen LogP contribution in [0.1, 0.15) is 119 Å². The summed E-state index contributed by atoms with van der Waals surface area (Å²) < 4.78 is 40.4. The summed E-state index contributed by atoms with van der Waals surface area (Å²) in [6.07, 6.45) is 5.09. The molecular weight excluding hydrogens is 1010 g/mol. The molecule has 1 aromatic heterocycles. The van der Waals surface area contributed by atoms with Gasteiger partial charge in [-0.3, -0.25) is 57.9 Å². The van der Waals surface area contributed by atoms with Gasteiger partial charge in [-0.15, -0.1) is 0 Å². The maximum Gasteiger partial charge on any atom is 0.399 e. The summed E-state index contributed by atoms with van der Waals surface area (Å²) in [5, 5.41) is 12.9. The van der Waals surface area contributed by atoms with Crippen LogP contribution in [-0.2, 0) is 63.2 Å². The number of nitrogens with two attached hydrogens (primary N) is 1. The minimum Gasteiger partial charge on any atom is -0.370 e. The molecule has 9 amide bonds. The number of carbonyl (C=O) groups excluding carboxylic acids is 9. The Kier molecular flexibility index (Phi) is 16.5. The number of rotatable bonds is 20. The number of para-hydroxylation sites is 1. The molecule has 4 aliphatic heterocycles. The number of primary amides is 1. The minimum atomic E-state index is -5.87. The fourth-order valence-corrected chi connectivity index (χ4v) is 10.4. The second kappa shape index (κ2) is 23.0. The van der Waals surface area contributed by atoms with Crippen molar-refractivity contribution in [1.82, 2.24) is 36.5 Å². The molecule has 76 heavy (non-hydrogen) atoms. The number of aryl methyl sites for hydroxylation is 1. The first kappa shape index (κ1) is 54.5. The van der Waals surface area contributed by atoms with Gasteiger partial charge in [0.1, 0.15) is 29.9 Å². The molecular formula is C52H56F2N9O12P. The number of amides is 9. The molecule has 4 atom stereocenters. The largest absolute Gasteiger partial charge is 0.399 e. The van der Waals surface area contributed by atoms with Crippen LogP contribution in [0.2, 0.25) is 0 Å². The first-order valence-corrected chi connectivity index (χ1v) is 26.5. The van der Waals surface area contributed by atoms with Gasteiger partial charge < -0.3 is 46.7 Å². The van der Waals surface area contributed by atoms with Gasteiger partial charge >= 0.3 is 13.3 Å². The van der Waals surface area contributed by atoms with Crippen LogP contribution in [0.4, 0.5) is 14.5 Å². The third kappa shape index (κ3) is 12.0. The van der Waals surface area contributed by atoms with E-state index in [0.29, 0.717) is 48.2 Å². The summed E-state index contributed by atoms with van der Waals surface area (Å²) in [5.41, 5.74) is 3.86. The number of alkyl halides is 2. The molecule has 21 nitrogen and oxygen atoms in total. The third-order valence-electron chi connectivity index (χ3n) is 13.9. The zero-order chi connectivity index (χ0) is 54.5. The van der Waals surface area contributed by atoms with Crippen LogP contribution < -0.4 is 37.2 Å². The number of aromatic amines is 1. The lowest BCUT2D eigenvalue weighted by Crippen LogP contribution is -2.57. The SMILES string of the molecule is NC(=O)CC[C@H](NC(=O)[C@@H]1Cc2cccc3c2N1C(=O)[C@@H](NC(=O)c1cc2cc(C(F)(F)P(=O)(O)O)ccc2[nH]1)CC3)C(=O)NCC(=O)NCCCCCCCC#Cc1cccc2c1CN(C1CCC(=O)NC1=O)C2=O. The number of H-pyrrole nitrogens is 1. The molecule has 1 saturated heterocycles. The Balaban J connectivity index is 0.790. The number of benzene rings is 3. The molecule has 24 heteroatoms. The van der Waals surface area contributed by atoms with Gasteiger partial charge in [-0.2, -0.15) is 8.78 Å². The fourth-order valence-electron chi connectivity index (χ4n) is 9.95. The summed E-state index contributed by atoms with van der Waals surface area (Å²) in [4.78, 5) is 141. The van der Waals surface area contributed by atoms with Crippen molar-refractivity contribution >= 4 is 77.4 Å². The Bertz CT molecular complexity index is 3150. The molecule has 3 aromatic carbocycles. The number of fused-ring (bicyclic) bond motifs is 2. The zero-order valence-corrected chi connectivity index (χ0v) is 41.9. The number of anilines is 1. The second-order valence-corrected chi connectivity index (χ2v) is 20.8. The van der Waals surface area contributed by atoms with Crippen LogP contribution in [0.3, 0.4) is 0 Å². The van der Waals surface area contributed by atoms with Gasteiger partial charge in [-0.25, -0.2) is 0 Å². The van der Waals surface area contributed by atoms with E-state index in [1.54, 1.807) is 30.3 Å². The molecule has 5 heterocycles. The normalized spacial score (nSPS) is 18.4. The van der Waals surface area contributed by atoms with E-state index in [4.69, 9.17) is 5.73 Å². The number of piperidine rings is 1. The maximum atomic E-state index is 14.5. The van der Waals surface area contributed by atoms with Crippen molar-refractivity contribution in [3.8, 4) is 11.8 Å². The van der Waals surface area contributed by atoms with Crippen LogP contribution in [-0.4, -0.2) is 110 Å². The van der Waals surface area contributed by atoms with Gasteiger partial charge in [0.25, 0.3) is 11.8 Å². The topological polar surface area (TPSA) is 320 Å². The van der Waals surface area contributed by atoms with Gasteiger partial charge in [0.15, 0.2) is 0 Å². The molecule has 10 N–H and O–H groups in total. The molecule has 1 fully saturated rings. The van der Waals surface area contributed by atoms with Crippen molar-refractivity contribution in [2.24, 2.45) is 5.73 Å². The lowest BCUT2D eigenvalue weighted by Gasteiger charge is -2.29. The lowest BCUT2D eigenvalue weighted by atomic mass is 10.0. The van der Waals surface area contributed by atoms with Crippen LogP contribution in [0.15, 0.2) is 60.7 Å². The number of hydrogen-bond acceptors (Lipinski definition) is 10. The van der Waals surface area contributed by atoms with Crippen LogP contribution >= 0.6 is 7.60 Å². The predicted octanol–water partition coefficient (Wildman–Crippen LogP) is 2.53. The number of halogens is 2. The molecule has 400 valence electrons. The summed E-state index contributed by atoms with van der Waals surface area (Å²) in [6.45, 7) is 0.149. The maximum absolute atomic E-state index is 14.5. The smallest absolute Gasteiger partial charge is 0.370 e. The number of nitrogens with zero attached hydrogens (tertiary/aromatic N) is 2. The molecule has 1 unspecified atom stereocenters. The highest BCUT2D eigenvalue weighted by molar-refractivity contribution is 7.52. The molecule has 0 radical (unpaired) electrons. The molecule has 0 spiro atoms. The monoisotopic (exact) mass is 1070 g/mol. The standard InChI is InChI=1S/C52H56F2N9O12P/c53-52(54,76(73,74)75)33-16-18-36-32(24-33)25-39(58-36)47(68)60-38-17-15-30-12-8-13-31-26-41(63(45(30)31)51(38)72)49(70)59-37(19-21-42(55)64)46(67)57-27-44(66)56-23-7-5-3-1-2-4-6-10-29-11-9-14-34-35(29)28-62(50(34)71)40-20-22-43(65)61-48(40)69/h8-9,11-14,16,18,24-25,37-38,40-41,58H,1-5,7,15,17,19-23,26-28H2,(H2,55,64)(H,56,66)(H,57,67)(H,59,70)(H,60,68)(H,61,65,69)(H2,73,74,75)/t37-,38-,40?,41-/m0/s1. The van der Waals surface area contributed by atoms with E-state index in [9.17, 15) is 66.3 Å². The number of nitrogens with one attached hydrogen (secondary N) is 6. The van der Waals surface area contributed by atoms with Crippen molar-refractivity contribution in [2.75, 3.05) is 18.0 Å². The number of unbranched alkanes of at least 4 members (excludes halogenated alkanes) is 5. The highest BCUT2D eigenvalue weighted by atomic mass is 31.2. The Labute approximate surface area is 434 Å². The van der Waals surface area contributed by atoms with Gasteiger partial charge in [0, 0.05) is 66.4 Å². The van der Waals surface area contributed by atoms with Crippen LogP contribution in [0, 0.1) is 11.8 Å². The first-order chi connectivity index (χ1) is 36.2. The third-order valence-corrected chi connectivity index (χ3v) is 14.9. The van der Waals surface area contributed by atoms with Crippen molar-refractivity contribution < 1.29 is 66.3 Å². The second-order valence-electron chi connectivity index (χ2n) is 19.2. The molecule has 4 aliphatic rings. The molecule has 0 saturated carbocycles. The molecule has 0 aliphatic carbocycles. The number of aromatic nitrogens is 1. The summed E-state index contributed by atoms with van der Waals surface area (Å²) in [5.74, 6) is 1.07. The zero-order valence-electron chi connectivity index (χ0n) is 41.0. The van der Waals surface area contributed by atoms with E-state index in [1.165, 1.54) is 15.9 Å². The highest BCUT2D eigenvalue weighted by Crippen LogP contribution is 2.59. The Morgan fingerprint density at radius 2 is 1.66 bits per heavy atom. The Morgan fingerprint density at radius 1 is 0.908 bits per heavy atom. The van der Waals surface area contributed by atoms with Crippen molar-refractivity contribution in [3.63, 3.8) is 0 Å². The summed E-state index contributed by atoms with van der Waals surface area (Å²) >= 11 is 0. The van der Waals surface area contributed by atoms with E-state index in [1.807, 2.05) is 6.07 Å². The average molecular weight is 1070 g/mol. The summed E-state index contributed by atoms with van der Waals surface area (Å²) in [7, 11) is -5.87. The average Bonchev–Trinajstić information content (AvgIpc) is 4.08. The van der Waals surface area contributed by atoms with E-state index in [0.717, 1.165) is 55.0 Å². The number of hydrogen-bond donors (Lipinski definition) is 9. The van der Waals surface area contributed by atoms with Crippen molar-refractivity contribution in [1.29, 1.82) is 0 Å². The van der Waals surface area contributed by atoms with Crippen molar-refractivity contribution in [3.05, 3.63) is 99.7 Å². The Hall–Kier alpha value is -7.80. The van der Waals surface area contributed by atoms with Gasteiger partial charge in [0.05, 0.1) is 12.2 Å². The molecule has 8 rings (SSSR count). The highest BCUT2D eigenvalue weighted by Gasteiger charge is 2.51. The summed E-state index contributed by atoms with van der Waals surface area (Å²) in [6, 6.07) is 10.2.